The Morgan fingerprint density at radius 2 is 1.86 bits per heavy atom. The van der Waals surface area contributed by atoms with E-state index < -0.39 is 10.0 Å². The van der Waals surface area contributed by atoms with Crippen LogP contribution in [0.15, 0.2) is 45.1 Å². The fourth-order valence-electron chi connectivity index (χ4n) is 3.95. The number of hydrogen-bond donors (Lipinski definition) is 1. The van der Waals surface area contributed by atoms with Crippen LogP contribution < -0.4 is 14.8 Å². The Bertz CT molecular complexity index is 1280. The maximum absolute atomic E-state index is 13.4. The Hall–Kier alpha value is -3.15. The fraction of sp³-hybridized carbons (Fsp3) is 0.333. The Morgan fingerprint density at radius 1 is 1.17 bits per heavy atom. The molecule has 1 N–H and O–H groups in total. The fourth-order valence-corrected chi connectivity index (χ4v) is 6.29. The molecule has 0 bridgehead atoms. The number of piperidine rings is 1. The van der Waals surface area contributed by atoms with Crippen molar-refractivity contribution in [1.82, 2.24) is 9.46 Å². The first-order valence-corrected chi connectivity index (χ1v) is 13.4. The lowest BCUT2D eigenvalue weighted by atomic mass is 9.97. The van der Waals surface area contributed by atoms with Crippen molar-refractivity contribution in [2.24, 2.45) is 5.92 Å². The van der Waals surface area contributed by atoms with Gasteiger partial charge in [-0.2, -0.15) is 4.31 Å². The molecule has 0 spiro atoms. The molecule has 1 saturated heterocycles. The van der Waals surface area contributed by atoms with Crippen LogP contribution in [-0.4, -0.2) is 51.1 Å². The van der Waals surface area contributed by atoms with Gasteiger partial charge in [0.1, 0.15) is 17.2 Å². The monoisotopic (exact) mass is 517 g/mol. The quantitative estimate of drug-likeness (QED) is 0.475. The van der Waals surface area contributed by atoms with Crippen LogP contribution in [0.2, 0.25) is 0 Å². The number of amides is 1. The van der Waals surface area contributed by atoms with E-state index in [-0.39, 0.29) is 35.6 Å². The van der Waals surface area contributed by atoms with Crippen LogP contribution in [-0.2, 0) is 14.8 Å². The lowest BCUT2D eigenvalue weighted by Gasteiger charge is -2.30. The van der Waals surface area contributed by atoms with E-state index >= 15 is 0 Å². The number of benzene rings is 1. The second-order valence-electron chi connectivity index (χ2n) is 8.08. The molecule has 186 valence electrons. The maximum atomic E-state index is 13.4. The topological polar surface area (TPSA) is 111 Å². The molecule has 1 amide bonds. The predicted molar refractivity (Wildman–Crippen MR) is 134 cm³/mol. The zero-order valence-corrected chi connectivity index (χ0v) is 21.3. The molecule has 3 heterocycles. The third-order valence-electron chi connectivity index (χ3n) is 5.82. The molecular weight excluding hydrogens is 490 g/mol. The summed E-state index contributed by atoms with van der Waals surface area (Å²) < 4.78 is 44.1. The molecule has 2 aromatic heterocycles. The highest BCUT2D eigenvalue weighted by atomic mass is 32.2. The van der Waals surface area contributed by atoms with Crippen molar-refractivity contribution in [3.8, 4) is 11.5 Å². The van der Waals surface area contributed by atoms with Gasteiger partial charge in [0, 0.05) is 47.8 Å². The summed E-state index contributed by atoms with van der Waals surface area (Å²) >= 11 is 1.54. The molecule has 0 radical (unpaired) electrons. The van der Waals surface area contributed by atoms with Gasteiger partial charge < -0.3 is 19.3 Å². The van der Waals surface area contributed by atoms with Gasteiger partial charge in [-0.3, -0.25) is 4.79 Å². The number of thiophene rings is 1. The molecule has 0 aliphatic carbocycles. The molecule has 0 unspecified atom stereocenters. The van der Waals surface area contributed by atoms with Crippen molar-refractivity contribution in [2.45, 2.75) is 24.7 Å². The number of carbonyl (C=O) groups excluding carboxylic acids is 1. The minimum atomic E-state index is -3.83. The molecule has 0 atom stereocenters. The number of hydrogen-bond acceptors (Lipinski definition) is 8. The highest BCUT2D eigenvalue weighted by Crippen LogP contribution is 2.31. The number of ether oxygens (including phenoxy) is 2. The van der Waals surface area contributed by atoms with E-state index in [0.717, 1.165) is 4.88 Å². The largest absolute Gasteiger partial charge is 0.497 e. The molecule has 1 aromatic carbocycles. The number of methoxy groups -OCH3 is 2. The number of nitrogens with zero attached hydrogens (tertiary/aromatic N) is 2. The number of anilines is 1. The SMILES string of the molecule is COc1cc(NC(=O)C2CCN(S(=O)(=O)c3c(C)noc3/C=C/c3cccs3)CC2)cc(OC)c1. The standard InChI is InChI=1S/C24H27N3O6S2/c1-16-23(22(33-26-16)7-6-21-5-4-12-34-21)35(29,30)27-10-8-17(9-11-27)24(28)25-18-13-19(31-2)15-20(14-18)32-3/h4-7,12-15,17H,8-11H2,1-3H3,(H,25,28)/b7-6+. The minimum absolute atomic E-state index is 0.0664. The Balaban J connectivity index is 1.43. The number of sulfonamides is 1. The van der Waals surface area contributed by atoms with E-state index in [4.69, 9.17) is 14.0 Å². The third-order valence-corrected chi connectivity index (χ3v) is 8.71. The van der Waals surface area contributed by atoms with E-state index in [1.165, 1.54) is 29.9 Å². The summed E-state index contributed by atoms with van der Waals surface area (Å²) in [6.45, 7) is 2.06. The first-order chi connectivity index (χ1) is 16.8. The Morgan fingerprint density at radius 3 is 2.46 bits per heavy atom. The Kier molecular flexibility index (Phi) is 7.58. The van der Waals surface area contributed by atoms with Crippen LogP contribution >= 0.6 is 11.3 Å². The molecule has 1 fully saturated rings. The number of nitrogens with one attached hydrogen (secondary N) is 1. The van der Waals surface area contributed by atoms with Crippen molar-refractivity contribution in [1.29, 1.82) is 0 Å². The van der Waals surface area contributed by atoms with Crippen molar-refractivity contribution < 1.29 is 27.2 Å². The van der Waals surface area contributed by atoms with Gasteiger partial charge in [0.25, 0.3) is 0 Å². The average Bonchev–Trinajstić information content (AvgIpc) is 3.52. The number of rotatable bonds is 8. The summed E-state index contributed by atoms with van der Waals surface area (Å²) in [5.41, 5.74) is 0.867. The summed E-state index contributed by atoms with van der Waals surface area (Å²) in [6, 6.07) is 8.98. The van der Waals surface area contributed by atoms with Crippen molar-refractivity contribution in [3.63, 3.8) is 0 Å². The number of aromatic nitrogens is 1. The van der Waals surface area contributed by atoms with Gasteiger partial charge in [-0.05, 0) is 43.4 Å². The molecule has 0 saturated carbocycles. The highest BCUT2D eigenvalue weighted by Gasteiger charge is 2.36. The van der Waals surface area contributed by atoms with Gasteiger partial charge in [-0.15, -0.1) is 11.3 Å². The number of aryl methyl sites for hydroxylation is 1. The van der Waals surface area contributed by atoms with E-state index in [1.807, 2.05) is 17.5 Å². The lowest BCUT2D eigenvalue weighted by Crippen LogP contribution is -2.41. The minimum Gasteiger partial charge on any atom is -0.497 e. The molecule has 1 aliphatic heterocycles. The average molecular weight is 518 g/mol. The van der Waals surface area contributed by atoms with E-state index in [2.05, 4.69) is 10.5 Å². The van der Waals surface area contributed by atoms with Crippen LogP contribution in [0.25, 0.3) is 12.2 Å². The zero-order valence-electron chi connectivity index (χ0n) is 19.7. The molecule has 1 aliphatic rings. The van der Waals surface area contributed by atoms with Gasteiger partial charge in [0.15, 0.2) is 10.7 Å². The van der Waals surface area contributed by atoms with Gasteiger partial charge in [0.05, 0.1) is 14.2 Å². The molecule has 9 nitrogen and oxygen atoms in total. The maximum Gasteiger partial charge on any atom is 0.248 e. The molecule has 11 heteroatoms. The first-order valence-electron chi connectivity index (χ1n) is 11.0. The summed E-state index contributed by atoms with van der Waals surface area (Å²) in [5.74, 6) is 0.836. The predicted octanol–water partition coefficient (Wildman–Crippen LogP) is 4.27. The second kappa shape index (κ2) is 10.6. The van der Waals surface area contributed by atoms with Gasteiger partial charge in [-0.25, -0.2) is 8.42 Å². The molecule has 4 rings (SSSR count). The van der Waals surface area contributed by atoms with Gasteiger partial charge in [0.2, 0.25) is 15.9 Å². The highest BCUT2D eigenvalue weighted by molar-refractivity contribution is 7.89. The Labute approximate surface area is 208 Å². The van der Waals surface area contributed by atoms with Crippen LogP contribution in [0.1, 0.15) is 29.2 Å². The van der Waals surface area contributed by atoms with Gasteiger partial charge >= 0.3 is 0 Å². The summed E-state index contributed by atoms with van der Waals surface area (Å²) in [5, 5.41) is 8.71. The summed E-state index contributed by atoms with van der Waals surface area (Å²) in [6.07, 6.45) is 4.23. The first kappa shape index (κ1) is 25.0. The number of carbonyl (C=O) groups is 1. The van der Waals surface area contributed by atoms with Crippen molar-refractivity contribution in [3.05, 3.63) is 52.0 Å². The molecular formula is C24H27N3O6S2. The summed E-state index contributed by atoms with van der Waals surface area (Å²) in [7, 11) is -0.755. The van der Waals surface area contributed by atoms with Crippen LogP contribution in [0, 0.1) is 12.8 Å². The normalized spacial score (nSPS) is 15.4. The van der Waals surface area contributed by atoms with Crippen LogP contribution in [0.4, 0.5) is 5.69 Å². The molecule has 35 heavy (non-hydrogen) atoms. The van der Waals surface area contributed by atoms with Crippen molar-refractivity contribution >= 4 is 45.1 Å². The van der Waals surface area contributed by atoms with E-state index in [0.29, 0.717) is 35.7 Å². The smallest absolute Gasteiger partial charge is 0.248 e. The van der Waals surface area contributed by atoms with E-state index in [9.17, 15) is 13.2 Å². The zero-order chi connectivity index (χ0) is 25.0. The third kappa shape index (κ3) is 5.58. The van der Waals surface area contributed by atoms with E-state index in [1.54, 1.807) is 37.3 Å². The van der Waals surface area contributed by atoms with Crippen molar-refractivity contribution in [2.75, 3.05) is 32.6 Å². The lowest BCUT2D eigenvalue weighted by molar-refractivity contribution is -0.120. The second-order valence-corrected chi connectivity index (χ2v) is 10.9. The van der Waals surface area contributed by atoms with Crippen LogP contribution in [0.3, 0.4) is 0 Å². The van der Waals surface area contributed by atoms with Crippen LogP contribution in [0.5, 0.6) is 11.5 Å². The van der Waals surface area contributed by atoms with Gasteiger partial charge in [-0.1, -0.05) is 11.2 Å². The summed E-state index contributed by atoms with van der Waals surface area (Å²) in [4.78, 5) is 13.9. The molecule has 3 aromatic rings.